The van der Waals surface area contributed by atoms with E-state index in [4.69, 9.17) is 5.14 Å². The van der Waals surface area contributed by atoms with E-state index >= 15 is 0 Å². The van der Waals surface area contributed by atoms with E-state index in [-0.39, 0.29) is 5.25 Å². The Morgan fingerprint density at radius 1 is 1.00 bits per heavy atom. The summed E-state index contributed by atoms with van der Waals surface area (Å²) in [6, 6.07) is 13.9. The van der Waals surface area contributed by atoms with Crippen LogP contribution in [-0.4, -0.2) is 18.7 Å². The van der Waals surface area contributed by atoms with Crippen LogP contribution in [0, 0.1) is 0 Å². The number of rotatable bonds is 5. The normalized spacial score (nSPS) is 10.7. The van der Waals surface area contributed by atoms with Crippen LogP contribution in [0.25, 0.3) is 0 Å². The van der Waals surface area contributed by atoms with Crippen LogP contribution < -0.4 is 10.5 Å². The van der Waals surface area contributed by atoms with Gasteiger partial charge in [0.2, 0.25) is 10.0 Å². The van der Waals surface area contributed by atoms with Gasteiger partial charge in [0.1, 0.15) is 0 Å². The number of benzene rings is 1. The van der Waals surface area contributed by atoms with Crippen molar-refractivity contribution in [2.24, 2.45) is 5.14 Å². The minimum Gasteiger partial charge on any atom is -0.355 e. The fourth-order valence-corrected chi connectivity index (χ4v) is 2.81. The maximum atomic E-state index is 10.6. The van der Waals surface area contributed by atoms with Crippen molar-refractivity contribution in [3.8, 4) is 0 Å². The summed E-state index contributed by atoms with van der Waals surface area (Å²) in [6.45, 7) is 3.64. The van der Waals surface area contributed by atoms with Crippen LogP contribution in [0.2, 0.25) is 0 Å². The van der Waals surface area contributed by atoms with Gasteiger partial charge in [-0.15, -0.1) is 0 Å². The van der Waals surface area contributed by atoms with E-state index in [1.807, 2.05) is 56.3 Å². The van der Waals surface area contributed by atoms with Gasteiger partial charge < -0.3 is 5.32 Å². The molecule has 1 aromatic heterocycles. The second-order valence-electron chi connectivity index (χ2n) is 4.75. The smallest absolute Gasteiger partial charge is 0.211 e. The van der Waals surface area contributed by atoms with Gasteiger partial charge in [-0.25, -0.2) is 13.6 Å². The summed E-state index contributed by atoms with van der Waals surface area (Å²) in [6.07, 6.45) is 4.75. The molecule has 2 rings (SSSR count). The molecule has 0 spiro atoms. The predicted octanol–water partition coefficient (Wildman–Crippen LogP) is 3.29. The Kier molecular flexibility index (Phi) is 7.56. The van der Waals surface area contributed by atoms with Gasteiger partial charge in [-0.3, -0.25) is 4.98 Å². The van der Waals surface area contributed by atoms with Gasteiger partial charge in [0.25, 0.3) is 0 Å². The Morgan fingerprint density at radius 2 is 1.50 bits per heavy atom. The molecule has 2 aromatic rings. The number of nitrogens with one attached hydrogen (secondary N) is 1. The number of pyridine rings is 1. The number of nitrogens with zero attached hydrogens (tertiary/aromatic N) is 1. The molecule has 5 nitrogen and oxygen atoms in total. The van der Waals surface area contributed by atoms with Crippen molar-refractivity contribution in [2.45, 2.75) is 31.9 Å². The number of hydrogen-bond acceptors (Lipinski definition) is 4. The average Bonchev–Trinajstić information content (AvgIpc) is 2.50. The van der Waals surface area contributed by atoms with Crippen molar-refractivity contribution in [1.82, 2.24) is 4.98 Å². The molecule has 0 atom stereocenters. The van der Waals surface area contributed by atoms with E-state index in [0.29, 0.717) is 12.8 Å². The number of para-hydroxylation sites is 1. The third kappa shape index (κ3) is 6.69. The molecule has 0 fully saturated rings. The van der Waals surface area contributed by atoms with Crippen molar-refractivity contribution in [3.63, 3.8) is 0 Å². The number of anilines is 2. The Bertz CT molecular complexity index is 589. The van der Waals surface area contributed by atoms with E-state index in [9.17, 15) is 8.42 Å². The van der Waals surface area contributed by atoms with E-state index in [1.165, 1.54) is 0 Å². The van der Waals surface area contributed by atoms with Gasteiger partial charge in [-0.1, -0.05) is 32.0 Å². The van der Waals surface area contributed by atoms with Crippen molar-refractivity contribution in [3.05, 3.63) is 54.9 Å². The summed E-state index contributed by atoms with van der Waals surface area (Å²) in [4.78, 5) is 3.95. The molecule has 0 saturated carbocycles. The Balaban J connectivity index is 0.000000239. The van der Waals surface area contributed by atoms with Crippen LogP contribution in [0.1, 0.15) is 26.7 Å². The molecular formula is C16H23N3O2S. The number of primary sulfonamides is 1. The number of sulfonamides is 1. The topological polar surface area (TPSA) is 85.1 Å². The molecule has 120 valence electrons. The van der Waals surface area contributed by atoms with Gasteiger partial charge in [0.05, 0.1) is 5.25 Å². The zero-order valence-corrected chi connectivity index (χ0v) is 13.8. The minimum absolute atomic E-state index is 0.350. The fraction of sp³-hybridized carbons (Fsp3) is 0.312. The summed E-state index contributed by atoms with van der Waals surface area (Å²) < 4.78 is 21.1. The molecule has 0 saturated heterocycles. The summed E-state index contributed by atoms with van der Waals surface area (Å²) in [7, 11) is -3.27. The number of hydrogen-bond donors (Lipinski definition) is 2. The standard InChI is InChI=1S/C11H10N2.C5H13NO2S/c1-2-4-10(5-3-1)13-11-6-8-12-9-7-11;1-3-5(4-2)9(6,7)8/h1-9H,(H,12,13);5H,3-4H2,1-2H3,(H2,6,7,8). The fourth-order valence-electron chi connectivity index (χ4n) is 1.88. The van der Waals surface area contributed by atoms with E-state index in [1.54, 1.807) is 12.4 Å². The van der Waals surface area contributed by atoms with Crippen molar-refractivity contribution >= 4 is 21.4 Å². The first-order valence-electron chi connectivity index (χ1n) is 7.21. The lowest BCUT2D eigenvalue weighted by Crippen LogP contribution is -2.26. The van der Waals surface area contributed by atoms with Crippen LogP contribution >= 0.6 is 0 Å². The number of nitrogens with two attached hydrogens (primary N) is 1. The van der Waals surface area contributed by atoms with E-state index < -0.39 is 10.0 Å². The van der Waals surface area contributed by atoms with Crippen molar-refractivity contribution in [2.75, 3.05) is 5.32 Å². The van der Waals surface area contributed by atoms with Gasteiger partial charge in [0.15, 0.2) is 0 Å². The SMILES string of the molecule is CCC(CC)S(N)(=O)=O.c1ccc(Nc2ccncc2)cc1. The molecule has 0 aliphatic carbocycles. The maximum absolute atomic E-state index is 10.6. The van der Waals surface area contributed by atoms with Gasteiger partial charge in [0, 0.05) is 23.8 Å². The summed E-state index contributed by atoms with van der Waals surface area (Å²) in [5, 5.41) is 7.79. The Morgan fingerprint density at radius 3 is 1.91 bits per heavy atom. The summed E-state index contributed by atoms with van der Waals surface area (Å²) >= 11 is 0. The minimum atomic E-state index is -3.27. The lowest BCUT2D eigenvalue weighted by Gasteiger charge is -2.07. The second-order valence-corrected chi connectivity index (χ2v) is 6.60. The van der Waals surface area contributed by atoms with Gasteiger partial charge in [-0.2, -0.15) is 0 Å². The molecule has 0 amide bonds. The van der Waals surface area contributed by atoms with E-state index in [0.717, 1.165) is 11.4 Å². The number of aromatic nitrogens is 1. The first-order valence-corrected chi connectivity index (χ1v) is 8.82. The molecule has 22 heavy (non-hydrogen) atoms. The van der Waals surface area contributed by atoms with Crippen molar-refractivity contribution < 1.29 is 8.42 Å². The quantitative estimate of drug-likeness (QED) is 0.885. The second kappa shape index (κ2) is 9.17. The third-order valence-electron chi connectivity index (χ3n) is 3.12. The third-order valence-corrected chi connectivity index (χ3v) is 4.71. The van der Waals surface area contributed by atoms with Crippen LogP contribution in [0.4, 0.5) is 11.4 Å². The average molecular weight is 321 g/mol. The van der Waals surface area contributed by atoms with Crippen LogP contribution in [-0.2, 0) is 10.0 Å². The Hall–Kier alpha value is -1.92. The molecular weight excluding hydrogens is 298 g/mol. The van der Waals surface area contributed by atoms with Crippen LogP contribution in [0.3, 0.4) is 0 Å². The molecule has 0 radical (unpaired) electrons. The molecule has 1 heterocycles. The molecule has 0 unspecified atom stereocenters. The van der Waals surface area contributed by atoms with Gasteiger partial charge in [-0.05, 0) is 37.1 Å². The molecule has 0 aliphatic heterocycles. The maximum Gasteiger partial charge on any atom is 0.211 e. The van der Waals surface area contributed by atoms with Crippen LogP contribution in [0.5, 0.6) is 0 Å². The lowest BCUT2D eigenvalue weighted by atomic mass is 10.3. The molecule has 0 aliphatic rings. The van der Waals surface area contributed by atoms with Gasteiger partial charge >= 0.3 is 0 Å². The molecule has 0 bridgehead atoms. The highest BCUT2D eigenvalue weighted by molar-refractivity contribution is 7.89. The van der Waals surface area contributed by atoms with E-state index in [2.05, 4.69) is 10.3 Å². The summed E-state index contributed by atoms with van der Waals surface area (Å²) in [5.41, 5.74) is 2.15. The largest absolute Gasteiger partial charge is 0.355 e. The Labute approximate surface area is 132 Å². The lowest BCUT2D eigenvalue weighted by molar-refractivity contribution is 0.573. The molecule has 3 N–H and O–H groups in total. The highest BCUT2D eigenvalue weighted by Crippen LogP contribution is 2.13. The van der Waals surface area contributed by atoms with Crippen LogP contribution in [0.15, 0.2) is 54.9 Å². The zero-order valence-electron chi connectivity index (χ0n) is 12.9. The monoisotopic (exact) mass is 321 g/mol. The molecule has 1 aromatic carbocycles. The molecule has 6 heteroatoms. The first-order chi connectivity index (χ1) is 10.5. The highest BCUT2D eigenvalue weighted by atomic mass is 32.2. The first kappa shape index (κ1) is 18.1. The predicted molar refractivity (Wildman–Crippen MR) is 91.4 cm³/mol. The summed E-state index contributed by atoms with van der Waals surface area (Å²) in [5.74, 6) is 0. The van der Waals surface area contributed by atoms with Crippen molar-refractivity contribution in [1.29, 1.82) is 0 Å². The zero-order chi connectivity index (χ0) is 16.4. The highest BCUT2D eigenvalue weighted by Gasteiger charge is 2.15.